The lowest BCUT2D eigenvalue weighted by atomic mass is 10.2. The molecule has 0 aromatic carbocycles. The van der Waals surface area contributed by atoms with Gasteiger partial charge in [-0.2, -0.15) is 11.8 Å². The SMILES string of the molecule is C[C@H](CCN1CCSCC1)NC(=O)OC(C)(C)C. The molecule has 106 valence electrons. The monoisotopic (exact) mass is 274 g/mol. The van der Waals surface area contributed by atoms with E-state index in [2.05, 4.69) is 10.2 Å². The smallest absolute Gasteiger partial charge is 0.407 e. The molecule has 0 saturated carbocycles. The maximum atomic E-state index is 11.6. The number of hydrogen-bond acceptors (Lipinski definition) is 4. The molecule has 0 aromatic rings. The molecule has 0 aromatic heterocycles. The van der Waals surface area contributed by atoms with Crippen molar-refractivity contribution in [1.29, 1.82) is 0 Å². The number of rotatable bonds is 4. The van der Waals surface area contributed by atoms with Crippen molar-refractivity contribution in [2.75, 3.05) is 31.1 Å². The summed E-state index contributed by atoms with van der Waals surface area (Å²) in [4.78, 5) is 14.0. The van der Waals surface area contributed by atoms with Crippen LogP contribution in [0.15, 0.2) is 0 Å². The number of nitrogens with one attached hydrogen (secondary N) is 1. The van der Waals surface area contributed by atoms with E-state index in [-0.39, 0.29) is 12.1 Å². The van der Waals surface area contributed by atoms with Crippen LogP contribution in [0.3, 0.4) is 0 Å². The van der Waals surface area contributed by atoms with Crippen LogP contribution in [-0.2, 0) is 4.74 Å². The Labute approximate surface area is 115 Å². The van der Waals surface area contributed by atoms with Gasteiger partial charge < -0.3 is 15.0 Å². The fraction of sp³-hybridized carbons (Fsp3) is 0.923. The summed E-state index contributed by atoms with van der Waals surface area (Å²) >= 11 is 2.02. The first-order valence-corrected chi connectivity index (χ1v) is 7.82. The van der Waals surface area contributed by atoms with Gasteiger partial charge in [0.15, 0.2) is 0 Å². The van der Waals surface area contributed by atoms with E-state index in [1.807, 2.05) is 39.5 Å². The zero-order chi connectivity index (χ0) is 13.6. The molecule has 1 aliphatic rings. The Balaban J connectivity index is 2.16. The normalized spacial score (nSPS) is 19.3. The summed E-state index contributed by atoms with van der Waals surface area (Å²) in [6.45, 7) is 11.1. The van der Waals surface area contributed by atoms with Gasteiger partial charge in [-0.15, -0.1) is 0 Å². The molecule has 4 nitrogen and oxygen atoms in total. The zero-order valence-electron chi connectivity index (χ0n) is 12.0. The molecule has 0 spiro atoms. The van der Waals surface area contributed by atoms with Crippen LogP contribution in [0.5, 0.6) is 0 Å². The van der Waals surface area contributed by atoms with E-state index >= 15 is 0 Å². The van der Waals surface area contributed by atoms with Crippen LogP contribution in [0, 0.1) is 0 Å². The molecule has 1 amide bonds. The minimum Gasteiger partial charge on any atom is -0.444 e. The highest BCUT2D eigenvalue weighted by Gasteiger charge is 2.18. The number of alkyl carbamates (subject to hydrolysis) is 1. The highest BCUT2D eigenvalue weighted by atomic mass is 32.2. The fourth-order valence-electron chi connectivity index (χ4n) is 1.78. The molecule has 18 heavy (non-hydrogen) atoms. The number of amides is 1. The number of ether oxygens (including phenoxy) is 1. The second-order valence-corrected chi connectivity index (χ2v) is 7.01. The third-order valence-electron chi connectivity index (χ3n) is 2.75. The van der Waals surface area contributed by atoms with E-state index in [1.54, 1.807) is 0 Å². The summed E-state index contributed by atoms with van der Waals surface area (Å²) in [5.74, 6) is 2.46. The van der Waals surface area contributed by atoms with E-state index in [0.717, 1.165) is 13.0 Å². The van der Waals surface area contributed by atoms with Crippen LogP contribution < -0.4 is 5.32 Å². The minimum absolute atomic E-state index is 0.162. The maximum Gasteiger partial charge on any atom is 0.407 e. The summed E-state index contributed by atoms with van der Waals surface area (Å²) in [5.41, 5.74) is -0.423. The van der Waals surface area contributed by atoms with Crippen molar-refractivity contribution in [3.05, 3.63) is 0 Å². The molecular weight excluding hydrogens is 248 g/mol. The minimum atomic E-state index is -0.423. The van der Waals surface area contributed by atoms with Crippen molar-refractivity contribution >= 4 is 17.9 Å². The number of carbonyl (C=O) groups excluding carboxylic acids is 1. The molecule has 0 aliphatic carbocycles. The predicted molar refractivity (Wildman–Crippen MR) is 77.2 cm³/mol. The van der Waals surface area contributed by atoms with Gasteiger partial charge in [0.25, 0.3) is 0 Å². The van der Waals surface area contributed by atoms with Gasteiger partial charge in [-0.3, -0.25) is 0 Å². The topological polar surface area (TPSA) is 41.6 Å². The molecular formula is C13H26N2O2S. The van der Waals surface area contributed by atoms with Gasteiger partial charge in [0.2, 0.25) is 0 Å². The Morgan fingerprint density at radius 3 is 2.56 bits per heavy atom. The van der Waals surface area contributed by atoms with Gasteiger partial charge in [-0.1, -0.05) is 0 Å². The van der Waals surface area contributed by atoms with Crippen LogP contribution in [0.2, 0.25) is 0 Å². The van der Waals surface area contributed by atoms with Crippen molar-refractivity contribution < 1.29 is 9.53 Å². The van der Waals surface area contributed by atoms with E-state index in [4.69, 9.17) is 4.74 Å². The lowest BCUT2D eigenvalue weighted by molar-refractivity contribution is 0.0504. The molecule has 1 saturated heterocycles. The summed E-state index contributed by atoms with van der Waals surface area (Å²) in [6.07, 6.45) is 0.661. The Bertz CT molecular complexity index is 260. The average Bonchev–Trinajstić information content (AvgIpc) is 2.25. The first kappa shape index (κ1) is 15.6. The second kappa shape index (κ2) is 7.24. The van der Waals surface area contributed by atoms with Crippen LogP contribution in [0.1, 0.15) is 34.1 Å². The number of carbonyl (C=O) groups is 1. The van der Waals surface area contributed by atoms with Gasteiger partial charge in [0.1, 0.15) is 5.60 Å². The molecule has 1 atom stereocenters. The Morgan fingerprint density at radius 1 is 1.39 bits per heavy atom. The van der Waals surface area contributed by atoms with E-state index < -0.39 is 5.60 Å². The molecule has 1 fully saturated rings. The number of thioether (sulfide) groups is 1. The lowest BCUT2D eigenvalue weighted by Crippen LogP contribution is -2.40. The Hall–Kier alpha value is -0.420. The third-order valence-corrected chi connectivity index (χ3v) is 3.69. The van der Waals surface area contributed by atoms with E-state index in [1.165, 1.54) is 24.6 Å². The van der Waals surface area contributed by atoms with Crippen molar-refractivity contribution in [2.24, 2.45) is 0 Å². The summed E-state index contributed by atoms with van der Waals surface area (Å²) in [6, 6.07) is 0.162. The van der Waals surface area contributed by atoms with Gasteiger partial charge in [0.05, 0.1) is 0 Å². The van der Waals surface area contributed by atoms with Crippen LogP contribution in [0.25, 0.3) is 0 Å². The van der Waals surface area contributed by atoms with Gasteiger partial charge in [0, 0.05) is 37.2 Å². The van der Waals surface area contributed by atoms with Gasteiger partial charge in [-0.25, -0.2) is 4.79 Å². The van der Waals surface area contributed by atoms with Gasteiger partial charge >= 0.3 is 6.09 Å². The Morgan fingerprint density at radius 2 is 2.00 bits per heavy atom. The molecule has 1 heterocycles. The molecule has 1 N–H and O–H groups in total. The predicted octanol–water partition coefficient (Wildman–Crippen LogP) is 2.34. The highest BCUT2D eigenvalue weighted by Crippen LogP contribution is 2.10. The molecule has 1 aliphatic heterocycles. The van der Waals surface area contributed by atoms with E-state index in [9.17, 15) is 4.79 Å². The lowest BCUT2D eigenvalue weighted by Gasteiger charge is -2.27. The van der Waals surface area contributed by atoms with Crippen molar-refractivity contribution in [1.82, 2.24) is 10.2 Å². The molecule has 1 rings (SSSR count). The molecule has 0 unspecified atom stereocenters. The first-order chi connectivity index (χ1) is 8.37. The summed E-state index contributed by atoms with van der Waals surface area (Å²) in [5, 5.41) is 2.88. The first-order valence-electron chi connectivity index (χ1n) is 6.66. The number of hydrogen-bond donors (Lipinski definition) is 1. The van der Waals surface area contributed by atoms with Crippen molar-refractivity contribution in [3.8, 4) is 0 Å². The van der Waals surface area contributed by atoms with Crippen LogP contribution in [0.4, 0.5) is 4.79 Å². The zero-order valence-corrected chi connectivity index (χ0v) is 12.8. The summed E-state index contributed by atoms with van der Waals surface area (Å²) < 4.78 is 5.23. The van der Waals surface area contributed by atoms with Crippen LogP contribution >= 0.6 is 11.8 Å². The molecule has 0 radical (unpaired) electrons. The molecule has 5 heteroatoms. The summed E-state index contributed by atoms with van der Waals surface area (Å²) in [7, 11) is 0. The Kier molecular flexibility index (Phi) is 6.29. The quantitative estimate of drug-likeness (QED) is 0.854. The van der Waals surface area contributed by atoms with Crippen LogP contribution in [-0.4, -0.2) is 53.8 Å². The van der Waals surface area contributed by atoms with Gasteiger partial charge in [-0.05, 0) is 34.1 Å². The van der Waals surface area contributed by atoms with Crippen molar-refractivity contribution in [2.45, 2.75) is 45.8 Å². The second-order valence-electron chi connectivity index (χ2n) is 5.79. The standard InChI is InChI=1S/C13H26N2O2S/c1-11(14-12(16)17-13(2,3)4)5-6-15-7-9-18-10-8-15/h11H,5-10H2,1-4H3,(H,14,16)/t11-/m1/s1. The maximum absolute atomic E-state index is 11.6. The fourth-order valence-corrected chi connectivity index (χ4v) is 2.76. The molecule has 0 bridgehead atoms. The highest BCUT2D eigenvalue weighted by molar-refractivity contribution is 7.99. The average molecular weight is 274 g/mol. The third kappa shape index (κ3) is 7.11. The largest absolute Gasteiger partial charge is 0.444 e. The van der Waals surface area contributed by atoms with E-state index in [0.29, 0.717) is 0 Å². The number of nitrogens with zero attached hydrogens (tertiary/aromatic N) is 1. The van der Waals surface area contributed by atoms with Crippen molar-refractivity contribution in [3.63, 3.8) is 0 Å².